The van der Waals surface area contributed by atoms with Crippen molar-refractivity contribution in [2.45, 2.75) is 19.0 Å². The third-order valence-electron chi connectivity index (χ3n) is 4.02. The number of carbonyl (C=O) groups is 3. The SMILES string of the molecule is C[C@]1(c2cccc(Br)c2)NC(=O)N(CC(=O)NCc2ccco2)C1=O. The van der Waals surface area contributed by atoms with Gasteiger partial charge in [-0.25, -0.2) is 4.79 Å². The van der Waals surface area contributed by atoms with Crippen LogP contribution in [-0.2, 0) is 21.7 Å². The van der Waals surface area contributed by atoms with E-state index in [9.17, 15) is 14.4 Å². The van der Waals surface area contributed by atoms with Crippen LogP contribution < -0.4 is 10.6 Å². The van der Waals surface area contributed by atoms with E-state index in [1.54, 1.807) is 37.3 Å². The molecule has 0 spiro atoms. The highest BCUT2D eigenvalue weighted by atomic mass is 79.9. The molecule has 4 amide bonds. The molecular weight excluding hydrogens is 390 g/mol. The second-order valence-corrected chi connectivity index (χ2v) is 6.73. The van der Waals surface area contributed by atoms with Gasteiger partial charge in [0.1, 0.15) is 17.8 Å². The van der Waals surface area contributed by atoms with Crippen LogP contribution in [0.5, 0.6) is 0 Å². The second kappa shape index (κ2) is 6.72. The Kier molecular flexibility index (Phi) is 4.63. The van der Waals surface area contributed by atoms with Gasteiger partial charge in [-0.15, -0.1) is 0 Å². The molecule has 1 fully saturated rings. The van der Waals surface area contributed by atoms with Crippen LogP contribution in [0.2, 0.25) is 0 Å². The molecule has 0 saturated carbocycles. The highest BCUT2D eigenvalue weighted by Crippen LogP contribution is 2.30. The molecule has 1 saturated heterocycles. The number of urea groups is 1. The van der Waals surface area contributed by atoms with E-state index in [1.807, 2.05) is 6.07 Å². The van der Waals surface area contributed by atoms with E-state index >= 15 is 0 Å². The van der Waals surface area contributed by atoms with Gasteiger partial charge in [-0.05, 0) is 36.8 Å². The molecule has 2 aromatic rings. The van der Waals surface area contributed by atoms with Gasteiger partial charge >= 0.3 is 6.03 Å². The molecule has 0 bridgehead atoms. The van der Waals surface area contributed by atoms with Crippen LogP contribution in [0.15, 0.2) is 51.6 Å². The summed E-state index contributed by atoms with van der Waals surface area (Å²) in [5.41, 5.74) is -0.568. The highest BCUT2D eigenvalue weighted by Gasteiger charge is 2.49. The van der Waals surface area contributed by atoms with Crippen LogP contribution in [0.3, 0.4) is 0 Å². The molecule has 0 aliphatic carbocycles. The van der Waals surface area contributed by atoms with E-state index in [1.165, 1.54) is 6.26 Å². The summed E-state index contributed by atoms with van der Waals surface area (Å²) in [5.74, 6) is -0.327. The van der Waals surface area contributed by atoms with Crippen molar-refractivity contribution in [2.24, 2.45) is 0 Å². The molecule has 0 radical (unpaired) electrons. The van der Waals surface area contributed by atoms with E-state index < -0.39 is 23.4 Å². The lowest BCUT2D eigenvalue weighted by Crippen LogP contribution is -2.43. The monoisotopic (exact) mass is 405 g/mol. The molecule has 1 aliphatic rings. The lowest BCUT2D eigenvalue weighted by molar-refractivity contribution is -0.134. The molecule has 1 aromatic heterocycles. The minimum Gasteiger partial charge on any atom is -0.467 e. The fraction of sp³-hybridized carbons (Fsp3) is 0.235. The average molecular weight is 406 g/mol. The molecule has 3 rings (SSSR count). The molecule has 1 aromatic carbocycles. The molecule has 25 heavy (non-hydrogen) atoms. The maximum atomic E-state index is 12.7. The lowest BCUT2D eigenvalue weighted by Gasteiger charge is -2.22. The molecular formula is C17H16BrN3O4. The van der Waals surface area contributed by atoms with Crippen molar-refractivity contribution in [3.8, 4) is 0 Å². The number of nitrogens with zero attached hydrogens (tertiary/aromatic N) is 1. The van der Waals surface area contributed by atoms with Crippen molar-refractivity contribution in [1.82, 2.24) is 15.5 Å². The van der Waals surface area contributed by atoms with Crippen molar-refractivity contribution < 1.29 is 18.8 Å². The predicted octanol–water partition coefficient (Wildman–Crippen LogP) is 2.13. The Morgan fingerprint density at radius 3 is 2.80 bits per heavy atom. The van der Waals surface area contributed by atoms with Gasteiger partial charge in [0, 0.05) is 4.47 Å². The number of halogens is 1. The minimum atomic E-state index is -1.21. The van der Waals surface area contributed by atoms with Crippen LogP contribution in [0.4, 0.5) is 4.79 Å². The summed E-state index contributed by atoms with van der Waals surface area (Å²) < 4.78 is 5.91. The molecule has 1 atom stereocenters. The van der Waals surface area contributed by atoms with Crippen molar-refractivity contribution in [1.29, 1.82) is 0 Å². The Morgan fingerprint density at radius 2 is 2.12 bits per heavy atom. The zero-order chi connectivity index (χ0) is 18.0. The largest absolute Gasteiger partial charge is 0.467 e. The average Bonchev–Trinajstić information content (AvgIpc) is 3.16. The van der Waals surface area contributed by atoms with Crippen LogP contribution in [0.1, 0.15) is 18.2 Å². The molecule has 8 heteroatoms. The first-order valence-electron chi connectivity index (χ1n) is 7.59. The maximum absolute atomic E-state index is 12.7. The third-order valence-corrected chi connectivity index (χ3v) is 4.51. The van der Waals surface area contributed by atoms with Gasteiger partial charge in [0.2, 0.25) is 5.91 Å². The van der Waals surface area contributed by atoms with Crippen molar-refractivity contribution >= 4 is 33.8 Å². The fourth-order valence-corrected chi connectivity index (χ4v) is 3.03. The highest BCUT2D eigenvalue weighted by molar-refractivity contribution is 9.10. The number of hydrogen-bond acceptors (Lipinski definition) is 4. The van der Waals surface area contributed by atoms with Crippen molar-refractivity contribution in [2.75, 3.05) is 6.54 Å². The summed E-state index contributed by atoms with van der Waals surface area (Å²) in [4.78, 5) is 37.9. The lowest BCUT2D eigenvalue weighted by atomic mass is 9.92. The van der Waals surface area contributed by atoms with Crippen molar-refractivity contribution in [3.05, 3.63) is 58.5 Å². The second-order valence-electron chi connectivity index (χ2n) is 5.81. The topological polar surface area (TPSA) is 91.7 Å². The quantitative estimate of drug-likeness (QED) is 0.745. The van der Waals surface area contributed by atoms with E-state index in [2.05, 4.69) is 26.6 Å². The zero-order valence-electron chi connectivity index (χ0n) is 13.4. The van der Waals surface area contributed by atoms with E-state index in [4.69, 9.17) is 4.42 Å². The third kappa shape index (κ3) is 3.43. The molecule has 130 valence electrons. The van der Waals surface area contributed by atoms with Crippen LogP contribution in [0.25, 0.3) is 0 Å². The number of carbonyl (C=O) groups excluding carboxylic acids is 3. The van der Waals surface area contributed by atoms with Gasteiger partial charge < -0.3 is 15.1 Å². The summed E-state index contributed by atoms with van der Waals surface area (Å²) in [6, 6.07) is 9.96. The number of furan rings is 1. The Labute approximate surface area is 152 Å². The van der Waals surface area contributed by atoms with Gasteiger partial charge in [0.25, 0.3) is 5.91 Å². The molecule has 2 N–H and O–H groups in total. The summed E-state index contributed by atoms with van der Waals surface area (Å²) in [6.07, 6.45) is 1.50. The Hall–Kier alpha value is -2.61. The Balaban J connectivity index is 1.69. The van der Waals surface area contributed by atoms with E-state index in [-0.39, 0.29) is 13.1 Å². The zero-order valence-corrected chi connectivity index (χ0v) is 15.0. The van der Waals surface area contributed by atoms with Gasteiger partial charge in [0.15, 0.2) is 0 Å². The van der Waals surface area contributed by atoms with E-state index in [0.29, 0.717) is 11.3 Å². The molecule has 0 unspecified atom stereocenters. The summed E-state index contributed by atoms with van der Waals surface area (Å²) >= 11 is 3.35. The molecule has 1 aliphatic heterocycles. The molecule has 2 heterocycles. The van der Waals surface area contributed by atoms with Gasteiger partial charge in [-0.2, -0.15) is 0 Å². The minimum absolute atomic E-state index is 0.193. The summed E-state index contributed by atoms with van der Waals surface area (Å²) in [7, 11) is 0. The first-order valence-corrected chi connectivity index (χ1v) is 8.38. The number of imide groups is 1. The van der Waals surface area contributed by atoms with Crippen LogP contribution in [-0.4, -0.2) is 29.3 Å². The molecule has 7 nitrogen and oxygen atoms in total. The van der Waals surface area contributed by atoms with Crippen LogP contribution in [0, 0.1) is 0 Å². The first-order chi connectivity index (χ1) is 11.9. The van der Waals surface area contributed by atoms with Crippen LogP contribution >= 0.6 is 15.9 Å². The van der Waals surface area contributed by atoms with Gasteiger partial charge in [-0.3, -0.25) is 14.5 Å². The number of benzene rings is 1. The standard InChI is InChI=1S/C17H16BrN3O4/c1-17(11-4-2-5-12(18)8-11)15(23)21(16(24)20-17)10-14(22)19-9-13-6-3-7-25-13/h2-8H,9-10H2,1H3,(H,19,22)(H,20,24)/t17-/m1/s1. The number of nitrogens with one attached hydrogen (secondary N) is 2. The number of hydrogen-bond donors (Lipinski definition) is 2. The maximum Gasteiger partial charge on any atom is 0.325 e. The van der Waals surface area contributed by atoms with Gasteiger partial charge in [-0.1, -0.05) is 28.1 Å². The number of rotatable bonds is 5. The Bertz CT molecular complexity index is 821. The predicted molar refractivity (Wildman–Crippen MR) is 92.3 cm³/mol. The fourth-order valence-electron chi connectivity index (χ4n) is 2.63. The normalized spacial score (nSPS) is 19.8. The smallest absolute Gasteiger partial charge is 0.325 e. The summed E-state index contributed by atoms with van der Waals surface area (Å²) in [5, 5.41) is 5.28. The first kappa shape index (κ1) is 17.2. The van der Waals surface area contributed by atoms with Gasteiger partial charge in [0.05, 0.1) is 12.8 Å². The Morgan fingerprint density at radius 1 is 1.32 bits per heavy atom. The number of amides is 4. The van der Waals surface area contributed by atoms with Crippen molar-refractivity contribution in [3.63, 3.8) is 0 Å². The van der Waals surface area contributed by atoms with E-state index in [0.717, 1.165) is 9.37 Å². The summed E-state index contributed by atoms with van der Waals surface area (Å²) in [6.45, 7) is 1.46.